The lowest BCUT2D eigenvalue weighted by molar-refractivity contribution is -0.133. The van der Waals surface area contributed by atoms with Crippen LogP contribution in [0.15, 0.2) is 36.7 Å². The number of carbonyl (C=O) groups excluding carboxylic acids is 1. The molecule has 1 aliphatic rings. The third-order valence-corrected chi connectivity index (χ3v) is 5.86. The minimum absolute atomic E-state index is 0.260. The van der Waals surface area contributed by atoms with Gasteiger partial charge in [0.05, 0.1) is 18.6 Å². The van der Waals surface area contributed by atoms with Gasteiger partial charge in [-0.1, -0.05) is 30.3 Å². The van der Waals surface area contributed by atoms with Crippen molar-refractivity contribution in [2.75, 3.05) is 40.3 Å². The molecule has 1 amide bonds. The smallest absolute Gasteiger partial charge is 0.223 e. The highest BCUT2D eigenvalue weighted by Crippen LogP contribution is 2.23. The van der Waals surface area contributed by atoms with E-state index in [9.17, 15) is 4.79 Å². The van der Waals surface area contributed by atoms with Gasteiger partial charge in [-0.3, -0.25) is 9.69 Å². The van der Waals surface area contributed by atoms with E-state index in [1.54, 1.807) is 6.33 Å². The molecule has 0 unspecified atom stereocenters. The fourth-order valence-electron chi connectivity index (χ4n) is 3.91. The van der Waals surface area contributed by atoms with E-state index in [2.05, 4.69) is 50.1 Å². The molecule has 0 bridgehead atoms. The summed E-state index contributed by atoms with van der Waals surface area (Å²) < 4.78 is 0. The first-order valence-electron chi connectivity index (χ1n) is 10.7. The Labute approximate surface area is 174 Å². The average Bonchev–Trinajstić information content (AvgIpc) is 3.11. The molecule has 0 saturated carbocycles. The van der Waals surface area contributed by atoms with Gasteiger partial charge in [0.2, 0.25) is 5.91 Å². The van der Waals surface area contributed by atoms with Crippen LogP contribution in [0.5, 0.6) is 0 Å². The maximum atomic E-state index is 13.1. The molecular formula is C23H35N5O. The van der Waals surface area contributed by atoms with Gasteiger partial charge in [-0.05, 0) is 58.4 Å². The Bertz CT molecular complexity index is 750. The van der Waals surface area contributed by atoms with Crippen molar-refractivity contribution in [3.63, 3.8) is 0 Å². The number of aryl methyl sites for hydroxylation is 1. The number of likely N-dealkylation sites (tertiary alicyclic amines) is 1. The van der Waals surface area contributed by atoms with Crippen molar-refractivity contribution in [1.82, 2.24) is 24.7 Å². The second-order valence-electron chi connectivity index (χ2n) is 8.50. The molecule has 0 spiro atoms. The molecule has 1 N–H and O–H groups in total. The van der Waals surface area contributed by atoms with Crippen LogP contribution in [0.1, 0.15) is 36.2 Å². The first kappa shape index (κ1) is 21.5. The van der Waals surface area contributed by atoms with Crippen molar-refractivity contribution in [3.05, 3.63) is 53.6 Å². The Hall–Kier alpha value is -2.18. The normalized spacial score (nSPS) is 15.7. The van der Waals surface area contributed by atoms with Crippen molar-refractivity contribution in [2.45, 2.75) is 39.3 Å². The first-order chi connectivity index (χ1) is 14.0. The zero-order chi connectivity index (χ0) is 20.6. The van der Waals surface area contributed by atoms with Crippen LogP contribution >= 0.6 is 0 Å². The van der Waals surface area contributed by atoms with Crippen LogP contribution in [0.3, 0.4) is 0 Å². The highest BCUT2D eigenvalue weighted by molar-refractivity contribution is 5.76. The van der Waals surface area contributed by atoms with Gasteiger partial charge in [-0.15, -0.1) is 0 Å². The fraction of sp³-hybridized carbons (Fsp3) is 0.565. The van der Waals surface area contributed by atoms with E-state index < -0.39 is 0 Å². The van der Waals surface area contributed by atoms with E-state index >= 15 is 0 Å². The predicted molar refractivity (Wildman–Crippen MR) is 116 cm³/mol. The van der Waals surface area contributed by atoms with Crippen LogP contribution < -0.4 is 0 Å². The molecule has 1 aromatic heterocycles. The van der Waals surface area contributed by atoms with E-state index in [0.29, 0.717) is 18.9 Å². The number of nitrogens with zero attached hydrogens (tertiary/aromatic N) is 4. The summed E-state index contributed by atoms with van der Waals surface area (Å²) in [6, 6.07) is 10.6. The van der Waals surface area contributed by atoms with Crippen LogP contribution in [-0.4, -0.2) is 70.8 Å². The van der Waals surface area contributed by atoms with Gasteiger partial charge in [0.15, 0.2) is 0 Å². The van der Waals surface area contributed by atoms with Crippen molar-refractivity contribution < 1.29 is 4.79 Å². The monoisotopic (exact) mass is 397 g/mol. The van der Waals surface area contributed by atoms with E-state index in [-0.39, 0.29) is 5.91 Å². The zero-order valence-electron chi connectivity index (χ0n) is 18.1. The molecular weight excluding hydrogens is 362 g/mol. The maximum absolute atomic E-state index is 13.1. The molecule has 0 aliphatic carbocycles. The lowest BCUT2D eigenvalue weighted by Crippen LogP contribution is -2.39. The van der Waals surface area contributed by atoms with E-state index in [0.717, 1.165) is 57.0 Å². The Morgan fingerprint density at radius 2 is 1.90 bits per heavy atom. The van der Waals surface area contributed by atoms with Crippen LogP contribution in [0.4, 0.5) is 0 Å². The third kappa shape index (κ3) is 6.68. The molecule has 0 radical (unpaired) electrons. The number of likely N-dealkylation sites (N-methyl/N-ethyl adjacent to an activating group) is 1. The predicted octanol–water partition coefficient (Wildman–Crippen LogP) is 2.91. The number of imidazole rings is 1. The van der Waals surface area contributed by atoms with Crippen LogP contribution in [0, 0.1) is 12.8 Å². The van der Waals surface area contributed by atoms with E-state index in [1.807, 2.05) is 25.9 Å². The highest BCUT2D eigenvalue weighted by atomic mass is 16.2. The van der Waals surface area contributed by atoms with Gasteiger partial charge in [0.1, 0.15) is 0 Å². The minimum atomic E-state index is 0.260. The summed E-state index contributed by atoms with van der Waals surface area (Å²) >= 11 is 0. The SMILES string of the molecule is Cc1[nH]cnc1CN(CCN(C)C)C(=O)CC1CCN(Cc2ccccc2)CC1. The summed E-state index contributed by atoms with van der Waals surface area (Å²) in [5.74, 6) is 0.743. The third-order valence-electron chi connectivity index (χ3n) is 5.86. The Kier molecular flexibility index (Phi) is 7.83. The second-order valence-corrected chi connectivity index (χ2v) is 8.50. The standard InChI is InChI=1S/C23H35N5O/c1-19-22(25-18-24-19)17-28(14-13-26(2)3)23(29)15-20-9-11-27(12-10-20)16-21-7-5-4-6-8-21/h4-8,18,20H,9-17H2,1-3H3,(H,24,25). The highest BCUT2D eigenvalue weighted by Gasteiger charge is 2.24. The topological polar surface area (TPSA) is 55.5 Å². The summed E-state index contributed by atoms with van der Waals surface area (Å²) in [4.78, 5) is 27.2. The fourth-order valence-corrected chi connectivity index (χ4v) is 3.91. The number of nitrogens with one attached hydrogen (secondary N) is 1. The molecule has 29 heavy (non-hydrogen) atoms. The molecule has 6 nitrogen and oxygen atoms in total. The number of aromatic amines is 1. The van der Waals surface area contributed by atoms with Crippen molar-refractivity contribution in [1.29, 1.82) is 0 Å². The first-order valence-corrected chi connectivity index (χ1v) is 10.7. The van der Waals surface area contributed by atoms with Gasteiger partial charge in [0.25, 0.3) is 0 Å². The van der Waals surface area contributed by atoms with Gasteiger partial charge in [0, 0.05) is 31.7 Å². The second kappa shape index (κ2) is 10.6. The quantitative estimate of drug-likeness (QED) is 0.707. The lowest BCUT2D eigenvalue weighted by atomic mass is 9.92. The molecule has 2 aromatic rings. The van der Waals surface area contributed by atoms with Gasteiger partial charge < -0.3 is 14.8 Å². The van der Waals surface area contributed by atoms with E-state index in [4.69, 9.17) is 0 Å². The average molecular weight is 398 g/mol. The molecule has 1 fully saturated rings. The zero-order valence-corrected chi connectivity index (χ0v) is 18.1. The molecule has 158 valence electrons. The van der Waals surface area contributed by atoms with Gasteiger partial charge in [-0.2, -0.15) is 0 Å². The number of carbonyl (C=O) groups is 1. The summed E-state index contributed by atoms with van der Waals surface area (Å²) in [5, 5.41) is 0. The number of rotatable bonds is 9. The largest absolute Gasteiger partial charge is 0.348 e. The number of H-pyrrole nitrogens is 1. The van der Waals surface area contributed by atoms with Crippen LogP contribution in [0.2, 0.25) is 0 Å². The van der Waals surface area contributed by atoms with Crippen molar-refractivity contribution in [2.24, 2.45) is 5.92 Å². The summed E-state index contributed by atoms with van der Waals surface area (Å²) in [5.41, 5.74) is 3.38. The molecule has 1 aliphatic heterocycles. The molecule has 3 rings (SSSR count). The number of hydrogen-bond donors (Lipinski definition) is 1. The van der Waals surface area contributed by atoms with Gasteiger partial charge >= 0.3 is 0 Å². The summed E-state index contributed by atoms with van der Waals surface area (Å²) in [6.07, 6.45) is 4.56. The summed E-state index contributed by atoms with van der Waals surface area (Å²) in [7, 11) is 4.09. The maximum Gasteiger partial charge on any atom is 0.223 e. The Morgan fingerprint density at radius 1 is 1.17 bits per heavy atom. The van der Waals surface area contributed by atoms with Crippen LogP contribution in [-0.2, 0) is 17.9 Å². The van der Waals surface area contributed by atoms with E-state index in [1.165, 1.54) is 5.56 Å². The lowest BCUT2D eigenvalue weighted by Gasteiger charge is -2.33. The molecule has 2 heterocycles. The minimum Gasteiger partial charge on any atom is -0.348 e. The molecule has 6 heteroatoms. The Balaban J connectivity index is 1.50. The van der Waals surface area contributed by atoms with Crippen molar-refractivity contribution >= 4 is 5.91 Å². The number of amides is 1. The number of piperidine rings is 1. The number of aromatic nitrogens is 2. The number of hydrogen-bond acceptors (Lipinski definition) is 4. The van der Waals surface area contributed by atoms with Crippen LogP contribution in [0.25, 0.3) is 0 Å². The van der Waals surface area contributed by atoms with Crippen molar-refractivity contribution in [3.8, 4) is 0 Å². The molecule has 1 saturated heterocycles. The molecule has 0 atom stereocenters. The molecule has 1 aromatic carbocycles. The van der Waals surface area contributed by atoms with Gasteiger partial charge in [-0.25, -0.2) is 4.98 Å². The number of benzene rings is 1. The summed E-state index contributed by atoms with van der Waals surface area (Å²) in [6.45, 7) is 7.37. The Morgan fingerprint density at radius 3 is 2.52 bits per heavy atom.